The van der Waals surface area contributed by atoms with Crippen LogP contribution in [0.15, 0.2) is 42.6 Å². The van der Waals surface area contributed by atoms with Crippen LogP contribution in [-0.4, -0.2) is 103 Å². The Morgan fingerprint density at radius 3 is 2.42 bits per heavy atom. The summed E-state index contributed by atoms with van der Waals surface area (Å²) in [5.74, 6) is -1.98. The zero-order valence-electron chi connectivity index (χ0n) is 34.4. The predicted molar refractivity (Wildman–Crippen MR) is 214 cm³/mol. The largest absolute Gasteiger partial charge is 0.489 e. The number of fused-ring (bicyclic) bond motifs is 1. The number of sulfonamides is 1. The Hall–Kier alpha value is -4.44. The van der Waals surface area contributed by atoms with Gasteiger partial charge in [-0.3, -0.25) is 19.1 Å². The van der Waals surface area contributed by atoms with Crippen molar-refractivity contribution in [2.45, 2.75) is 127 Å². The SMILES string of the molecule is CC/C=C\[C@@H]1C[C@]1(NC(=O)[C@@H]1C[C@@H](Oc2ncc(OCCOC)c3ccccc23)CN1C(=O)[C@@H](NC(=O)OC(C)(C)C)[C@H](C)CCC)C(=O)NS(=O)(=O)C1(C)CC1. The van der Waals surface area contributed by atoms with Crippen LogP contribution >= 0.6 is 0 Å². The molecule has 5 rings (SSSR count). The number of amides is 4. The van der Waals surface area contributed by atoms with Gasteiger partial charge in [0.2, 0.25) is 27.7 Å². The van der Waals surface area contributed by atoms with E-state index in [1.807, 2.05) is 51.1 Å². The maximum atomic E-state index is 14.7. The number of likely N-dealkylation sites (tertiary alicyclic amines) is 1. The fourth-order valence-electron chi connectivity index (χ4n) is 7.17. The maximum absolute atomic E-state index is 14.7. The summed E-state index contributed by atoms with van der Waals surface area (Å²) < 4.78 is 50.6. The average Bonchev–Trinajstić information content (AvgIpc) is 4.03. The van der Waals surface area contributed by atoms with Gasteiger partial charge in [-0.05, 0) is 71.8 Å². The van der Waals surface area contributed by atoms with Crippen LogP contribution in [0.2, 0.25) is 0 Å². The second-order valence-electron chi connectivity index (χ2n) is 16.7. The molecule has 0 spiro atoms. The highest BCUT2D eigenvalue weighted by molar-refractivity contribution is 7.91. The van der Waals surface area contributed by atoms with Crippen LogP contribution < -0.4 is 24.8 Å². The minimum absolute atomic E-state index is 0.0184. The van der Waals surface area contributed by atoms with Crippen molar-refractivity contribution in [3.63, 3.8) is 0 Å². The first-order valence-electron chi connectivity index (χ1n) is 19.9. The van der Waals surface area contributed by atoms with Crippen molar-refractivity contribution in [1.29, 1.82) is 0 Å². The monoisotopic (exact) mass is 813 g/mol. The molecule has 2 aliphatic carbocycles. The molecule has 0 bridgehead atoms. The van der Waals surface area contributed by atoms with Gasteiger partial charge in [-0.15, -0.1) is 0 Å². The summed E-state index contributed by atoms with van der Waals surface area (Å²) in [7, 11) is -2.42. The van der Waals surface area contributed by atoms with Gasteiger partial charge in [0.1, 0.15) is 41.7 Å². The number of aromatic nitrogens is 1. The summed E-state index contributed by atoms with van der Waals surface area (Å²) in [5.41, 5.74) is -2.37. The Morgan fingerprint density at radius 1 is 1.09 bits per heavy atom. The van der Waals surface area contributed by atoms with E-state index in [9.17, 15) is 27.6 Å². The number of benzene rings is 1. The van der Waals surface area contributed by atoms with Gasteiger partial charge in [0, 0.05) is 30.2 Å². The number of hydrogen-bond acceptors (Lipinski definition) is 11. The minimum Gasteiger partial charge on any atom is -0.489 e. The number of hydrogen-bond donors (Lipinski definition) is 3. The Bertz CT molecular complexity index is 1940. The first-order chi connectivity index (χ1) is 26.9. The average molecular weight is 814 g/mol. The number of pyridine rings is 1. The van der Waals surface area contributed by atoms with E-state index >= 15 is 0 Å². The van der Waals surface area contributed by atoms with Crippen LogP contribution in [0.25, 0.3) is 10.8 Å². The number of carbonyl (C=O) groups excluding carboxylic acids is 4. The van der Waals surface area contributed by atoms with Gasteiger partial charge in [0.15, 0.2) is 0 Å². The molecule has 15 nitrogen and oxygen atoms in total. The van der Waals surface area contributed by atoms with E-state index in [2.05, 4.69) is 20.3 Å². The van der Waals surface area contributed by atoms with Gasteiger partial charge in [0.25, 0.3) is 5.91 Å². The third kappa shape index (κ3) is 10.2. The summed E-state index contributed by atoms with van der Waals surface area (Å²) in [6.45, 7) is 13.2. The van der Waals surface area contributed by atoms with Crippen LogP contribution in [0.1, 0.15) is 93.4 Å². The van der Waals surface area contributed by atoms with Gasteiger partial charge in [-0.2, -0.15) is 0 Å². The lowest BCUT2D eigenvalue weighted by molar-refractivity contribution is -0.142. The van der Waals surface area contributed by atoms with Crippen molar-refractivity contribution < 1.29 is 46.5 Å². The summed E-state index contributed by atoms with van der Waals surface area (Å²) in [5, 5.41) is 7.06. The van der Waals surface area contributed by atoms with Gasteiger partial charge in [-0.25, -0.2) is 18.2 Å². The first-order valence-corrected chi connectivity index (χ1v) is 21.4. The second kappa shape index (κ2) is 17.6. The molecule has 314 valence electrons. The van der Waals surface area contributed by atoms with Gasteiger partial charge in [0.05, 0.1) is 24.1 Å². The summed E-state index contributed by atoms with van der Waals surface area (Å²) >= 11 is 0. The van der Waals surface area contributed by atoms with E-state index in [0.29, 0.717) is 50.0 Å². The molecule has 4 amide bonds. The van der Waals surface area contributed by atoms with E-state index < -0.39 is 73.8 Å². The molecule has 3 N–H and O–H groups in total. The Balaban J connectivity index is 1.47. The molecule has 1 aromatic carbocycles. The zero-order chi connectivity index (χ0) is 41.8. The molecule has 6 atom stereocenters. The standard InChI is InChI=1S/C41H59N5O10S/c1-9-11-15-27-23-41(27,37(49)45-57(51,52)40(7)18-19-40)44-34(47)31-22-28(55-35-30-17-13-12-16-29(30)32(24-42-35)54-21-20-53-8)25-46(31)36(48)33(26(3)14-10-2)43-38(50)56-39(4,5)6/h11-13,15-17,24,26-28,31,33H,9-10,14,18-23,25H2,1-8H3,(H,43,50)(H,44,47)(H,45,49)/b15-11-/t26-,27-,28-,31+,33+,41-/m1/s1. The third-order valence-corrected chi connectivity index (χ3v) is 13.0. The lowest BCUT2D eigenvalue weighted by Gasteiger charge is -2.32. The van der Waals surface area contributed by atoms with Crippen molar-refractivity contribution >= 4 is 44.6 Å². The van der Waals surface area contributed by atoms with Crippen molar-refractivity contribution in [2.24, 2.45) is 11.8 Å². The molecule has 16 heteroatoms. The van der Waals surface area contributed by atoms with Gasteiger partial charge in [-0.1, -0.05) is 57.5 Å². The van der Waals surface area contributed by atoms with Crippen LogP contribution in [-0.2, 0) is 33.9 Å². The van der Waals surface area contributed by atoms with E-state index in [1.165, 1.54) is 4.90 Å². The number of alkyl carbamates (subject to hydrolysis) is 1. The van der Waals surface area contributed by atoms with Crippen molar-refractivity contribution in [3.05, 3.63) is 42.6 Å². The van der Waals surface area contributed by atoms with Gasteiger partial charge < -0.3 is 34.5 Å². The topological polar surface area (TPSA) is 192 Å². The predicted octanol–water partition coefficient (Wildman–Crippen LogP) is 4.78. The molecule has 0 unspecified atom stereocenters. The molecule has 2 aromatic rings. The van der Waals surface area contributed by atoms with Crippen LogP contribution in [0.3, 0.4) is 0 Å². The van der Waals surface area contributed by atoms with E-state index in [4.69, 9.17) is 18.9 Å². The number of ether oxygens (including phenoxy) is 4. The minimum atomic E-state index is -4.01. The third-order valence-electron chi connectivity index (χ3n) is 10.8. The molecule has 1 aliphatic heterocycles. The smallest absolute Gasteiger partial charge is 0.408 e. The molecule has 2 heterocycles. The van der Waals surface area contributed by atoms with Crippen LogP contribution in [0.4, 0.5) is 4.79 Å². The maximum Gasteiger partial charge on any atom is 0.408 e. The molecule has 3 aliphatic rings. The van der Waals surface area contributed by atoms with Crippen molar-refractivity contribution in [3.8, 4) is 11.6 Å². The molecular weight excluding hydrogens is 755 g/mol. The molecule has 3 fully saturated rings. The molecule has 57 heavy (non-hydrogen) atoms. The number of rotatable bonds is 18. The summed E-state index contributed by atoms with van der Waals surface area (Å²) in [6.07, 6.45) is 6.76. The van der Waals surface area contributed by atoms with Crippen molar-refractivity contribution in [2.75, 3.05) is 26.9 Å². The quantitative estimate of drug-likeness (QED) is 0.139. The van der Waals surface area contributed by atoms with E-state index in [0.717, 1.165) is 11.8 Å². The molecule has 0 radical (unpaired) electrons. The molecule has 1 saturated heterocycles. The Morgan fingerprint density at radius 2 is 1.79 bits per heavy atom. The highest BCUT2D eigenvalue weighted by Gasteiger charge is 2.63. The molecule has 2 saturated carbocycles. The Kier molecular flexibility index (Phi) is 13.5. The Labute approximate surface area is 336 Å². The number of nitrogens with one attached hydrogen (secondary N) is 3. The normalized spacial score (nSPS) is 23.7. The molecule has 1 aromatic heterocycles. The lowest BCUT2D eigenvalue weighted by atomic mass is 9.95. The number of carbonyl (C=O) groups is 4. The van der Waals surface area contributed by atoms with E-state index in [-0.39, 0.29) is 31.2 Å². The zero-order valence-corrected chi connectivity index (χ0v) is 35.2. The number of nitrogens with zero attached hydrogens (tertiary/aromatic N) is 2. The number of methoxy groups -OCH3 is 1. The lowest BCUT2D eigenvalue weighted by Crippen LogP contribution is -2.59. The first kappa shape index (κ1) is 43.7. The van der Waals surface area contributed by atoms with Crippen LogP contribution in [0, 0.1) is 11.8 Å². The summed E-state index contributed by atoms with van der Waals surface area (Å²) in [6, 6.07) is 5.21. The van der Waals surface area contributed by atoms with Gasteiger partial charge >= 0.3 is 6.09 Å². The highest BCUT2D eigenvalue weighted by atomic mass is 32.2. The van der Waals surface area contributed by atoms with Crippen LogP contribution in [0.5, 0.6) is 11.6 Å². The second-order valence-corrected chi connectivity index (χ2v) is 18.9. The number of allylic oxidation sites excluding steroid dienone is 1. The summed E-state index contributed by atoms with van der Waals surface area (Å²) in [4.78, 5) is 62.2. The fraction of sp³-hybridized carbons (Fsp3) is 0.634. The fourth-order valence-corrected chi connectivity index (χ4v) is 8.48. The molecular formula is C41H59N5O10S. The van der Waals surface area contributed by atoms with Crippen molar-refractivity contribution in [1.82, 2.24) is 25.2 Å². The van der Waals surface area contributed by atoms with E-state index in [1.54, 1.807) is 47.1 Å². The highest BCUT2D eigenvalue weighted by Crippen LogP contribution is 2.47.